The first-order valence-electron chi connectivity index (χ1n) is 9.47. The second kappa shape index (κ2) is 11.1. The number of hydrogen-bond acceptors (Lipinski definition) is 10. The zero-order valence-electron chi connectivity index (χ0n) is 17.8. The highest BCUT2D eigenvalue weighted by Gasteiger charge is 2.42. The third-order valence-corrected chi connectivity index (χ3v) is 4.89. The first kappa shape index (κ1) is 25.6. The van der Waals surface area contributed by atoms with Gasteiger partial charge in [0.15, 0.2) is 5.78 Å². The number of ether oxygens (including phenoxy) is 3. The minimum Gasteiger partial charge on any atom is -0.460 e. The predicted octanol–water partition coefficient (Wildman–Crippen LogP) is 3.76. The SMILES string of the molecule is CC(C)OC(=O)OCO[P@@]1(=O)OCC(C)[C@H](C(=O)CCCC(=O)OC(C)(C)C)O1. The molecule has 0 aromatic rings. The first-order chi connectivity index (χ1) is 13.3. The van der Waals surface area contributed by atoms with Gasteiger partial charge >= 0.3 is 19.9 Å². The number of phosphoric acid groups is 1. The Balaban J connectivity index is 2.48. The Morgan fingerprint density at radius 3 is 2.41 bits per heavy atom. The zero-order valence-corrected chi connectivity index (χ0v) is 18.7. The Bertz CT molecular complexity index is 625. The lowest BCUT2D eigenvalue weighted by molar-refractivity contribution is -0.155. The van der Waals surface area contributed by atoms with Gasteiger partial charge in [-0.25, -0.2) is 13.9 Å². The van der Waals surface area contributed by atoms with Crippen LogP contribution in [0, 0.1) is 5.92 Å². The average Bonchev–Trinajstić information content (AvgIpc) is 2.55. The molecule has 10 nitrogen and oxygen atoms in total. The molecule has 0 saturated carbocycles. The summed E-state index contributed by atoms with van der Waals surface area (Å²) in [5.41, 5.74) is -0.590. The quantitative estimate of drug-likeness (QED) is 0.298. The van der Waals surface area contributed by atoms with Gasteiger partial charge in [0.05, 0.1) is 12.7 Å². The molecule has 1 unspecified atom stereocenters. The van der Waals surface area contributed by atoms with Crippen LogP contribution in [0.25, 0.3) is 0 Å². The number of phosphoric ester groups is 1. The van der Waals surface area contributed by atoms with Crippen molar-refractivity contribution in [3.63, 3.8) is 0 Å². The summed E-state index contributed by atoms with van der Waals surface area (Å²) in [7, 11) is -4.08. The molecular weight excluding hydrogens is 407 g/mol. The second-order valence-corrected chi connectivity index (χ2v) is 9.58. The van der Waals surface area contributed by atoms with Gasteiger partial charge in [-0.2, -0.15) is 0 Å². The summed E-state index contributed by atoms with van der Waals surface area (Å²) in [6.45, 7) is 9.52. The standard InChI is InChI=1S/C18H31O10P/c1-12(2)26-17(21)23-11-25-29(22)24-10-13(3)16(28-29)14(19)8-7-9-15(20)27-18(4,5)6/h12-13,16H,7-11H2,1-6H3/t13?,16-,29-/m1/s1. The maximum absolute atomic E-state index is 12.5. The Hall–Kier alpha value is -1.48. The lowest BCUT2D eigenvalue weighted by Gasteiger charge is -2.32. The third-order valence-electron chi connectivity index (χ3n) is 3.52. The van der Waals surface area contributed by atoms with Crippen LogP contribution in [-0.4, -0.2) is 49.1 Å². The van der Waals surface area contributed by atoms with Crippen molar-refractivity contribution < 1.29 is 46.7 Å². The van der Waals surface area contributed by atoms with E-state index in [9.17, 15) is 18.9 Å². The molecule has 1 fully saturated rings. The molecule has 0 aliphatic carbocycles. The largest absolute Gasteiger partial charge is 0.510 e. The van der Waals surface area contributed by atoms with Crippen LogP contribution in [0.4, 0.5) is 4.79 Å². The highest BCUT2D eigenvalue weighted by Crippen LogP contribution is 2.54. The van der Waals surface area contributed by atoms with Gasteiger partial charge < -0.3 is 14.2 Å². The van der Waals surface area contributed by atoms with Crippen molar-refractivity contribution in [2.45, 2.75) is 78.6 Å². The van der Waals surface area contributed by atoms with E-state index in [0.29, 0.717) is 0 Å². The molecule has 0 amide bonds. The van der Waals surface area contributed by atoms with Crippen LogP contribution in [-0.2, 0) is 41.9 Å². The Morgan fingerprint density at radius 1 is 1.17 bits per heavy atom. The van der Waals surface area contributed by atoms with E-state index < -0.39 is 38.4 Å². The van der Waals surface area contributed by atoms with Crippen LogP contribution in [0.1, 0.15) is 60.8 Å². The fourth-order valence-corrected chi connectivity index (χ4v) is 3.72. The van der Waals surface area contributed by atoms with Crippen molar-refractivity contribution in [1.29, 1.82) is 0 Å². The molecule has 168 valence electrons. The van der Waals surface area contributed by atoms with Gasteiger partial charge in [-0.15, -0.1) is 0 Å². The number of Topliss-reactive ketones (excluding diaryl/α,β-unsaturated/α-hetero) is 1. The van der Waals surface area contributed by atoms with Gasteiger partial charge in [-0.05, 0) is 41.0 Å². The van der Waals surface area contributed by atoms with E-state index in [1.165, 1.54) is 0 Å². The molecule has 0 N–H and O–H groups in total. The normalized spacial score (nSPS) is 24.8. The highest BCUT2D eigenvalue weighted by molar-refractivity contribution is 7.48. The molecule has 3 atom stereocenters. The molecule has 0 aromatic carbocycles. The summed E-state index contributed by atoms with van der Waals surface area (Å²) < 4.78 is 42.3. The molecule has 0 aromatic heterocycles. The van der Waals surface area contributed by atoms with Gasteiger partial charge in [-0.1, -0.05) is 6.92 Å². The van der Waals surface area contributed by atoms with Gasteiger partial charge in [0.25, 0.3) is 0 Å². The van der Waals surface area contributed by atoms with E-state index in [1.54, 1.807) is 41.5 Å². The van der Waals surface area contributed by atoms with Crippen molar-refractivity contribution in [3.05, 3.63) is 0 Å². The topological polar surface area (TPSA) is 124 Å². The third kappa shape index (κ3) is 10.2. The van der Waals surface area contributed by atoms with Crippen molar-refractivity contribution in [1.82, 2.24) is 0 Å². The fourth-order valence-electron chi connectivity index (χ4n) is 2.32. The van der Waals surface area contributed by atoms with E-state index in [-0.39, 0.29) is 43.7 Å². The molecule has 0 spiro atoms. The maximum Gasteiger partial charge on any atom is 0.510 e. The average molecular weight is 438 g/mol. The van der Waals surface area contributed by atoms with E-state index in [0.717, 1.165) is 0 Å². The number of hydrogen-bond donors (Lipinski definition) is 0. The summed E-state index contributed by atoms with van der Waals surface area (Å²) in [6.07, 6.45) is -1.99. The predicted molar refractivity (Wildman–Crippen MR) is 101 cm³/mol. The maximum atomic E-state index is 12.5. The molecule has 1 heterocycles. The highest BCUT2D eigenvalue weighted by atomic mass is 31.2. The summed E-state index contributed by atoms with van der Waals surface area (Å²) in [6, 6.07) is 0. The molecule has 1 aliphatic rings. The summed E-state index contributed by atoms with van der Waals surface area (Å²) in [4.78, 5) is 35.5. The van der Waals surface area contributed by atoms with Crippen molar-refractivity contribution in [3.8, 4) is 0 Å². The molecule has 1 rings (SSSR count). The number of esters is 1. The minimum atomic E-state index is -4.08. The Labute approximate surface area is 171 Å². The van der Waals surface area contributed by atoms with Crippen molar-refractivity contribution in [2.24, 2.45) is 5.92 Å². The lowest BCUT2D eigenvalue weighted by Crippen LogP contribution is -2.37. The van der Waals surface area contributed by atoms with Crippen LogP contribution < -0.4 is 0 Å². The van der Waals surface area contributed by atoms with Gasteiger partial charge in [0.2, 0.25) is 6.79 Å². The number of ketones is 1. The second-order valence-electron chi connectivity index (χ2n) is 7.96. The van der Waals surface area contributed by atoms with E-state index >= 15 is 0 Å². The smallest absolute Gasteiger partial charge is 0.460 e. The minimum absolute atomic E-state index is 0.0316. The molecule has 0 radical (unpaired) electrons. The fraction of sp³-hybridized carbons (Fsp3) is 0.833. The van der Waals surface area contributed by atoms with Crippen molar-refractivity contribution in [2.75, 3.05) is 13.4 Å². The zero-order chi connectivity index (χ0) is 22.2. The van der Waals surface area contributed by atoms with Gasteiger partial charge in [0, 0.05) is 18.8 Å². The summed E-state index contributed by atoms with van der Waals surface area (Å²) in [5.74, 6) is -1.08. The summed E-state index contributed by atoms with van der Waals surface area (Å²) >= 11 is 0. The molecule has 29 heavy (non-hydrogen) atoms. The van der Waals surface area contributed by atoms with Gasteiger partial charge in [0.1, 0.15) is 11.7 Å². The van der Waals surface area contributed by atoms with Crippen molar-refractivity contribution >= 4 is 25.7 Å². The molecule has 11 heteroatoms. The van der Waals surface area contributed by atoms with Crippen LogP contribution in [0.2, 0.25) is 0 Å². The van der Waals surface area contributed by atoms with Crippen LogP contribution >= 0.6 is 7.82 Å². The Kier molecular flexibility index (Phi) is 9.75. The molecular formula is C18H31O10P. The number of carbonyl (C=O) groups is 3. The monoisotopic (exact) mass is 438 g/mol. The van der Waals surface area contributed by atoms with E-state index in [1.807, 2.05) is 0 Å². The molecule has 1 saturated heterocycles. The summed E-state index contributed by atoms with van der Waals surface area (Å²) in [5, 5.41) is 0. The van der Waals surface area contributed by atoms with Gasteiger partial charge in [-0.3, -0.25) is 18.6 Å². The number of rotatable bonds is 9. The van der Waals surface area contributed by atoms with Crippen LogP contribution in [0.3, 0.4) is 0 Å². The first-order valence-corrected chi connectivity index (χ1v) is 10.9. The number of carbonyl (C=O) groups excluding carboxylic acids is 3. The molecule has 1 aliphatic heterocycles. The van der Waals surface area contributed by atoms with E-state index in [2.05, 4.69) is 4.74 Å². The van der Waals surface area contributed by atoms with E-state index in [4.69, 9.17) is 23.0 Å². The van der Waals surface area contributed by atoms with Crippen LogP contribution in [0.15, 0.2) is 0 Å². The lowest BCUT2D eigenvalue weighted by atomic mass is 9.98. The Morgan fingerprint density at radius 2 is 1.83 bits per heavy atom. The molecule has 0 bridgehead atoms. The van der Waals surface area contributed by atoms with Crippen LogP contribution in [0.5, 0.6) is 0 Å².